The van der Waals surface area contributed by atoms with E-state index in [4.69, 9.17) is 0 Å². The van der Waals surface area contributed by atoms with Crippen LogP contribution in [0.2, 0.25) is 0 Å². The smallest absolute Gasteiger partial charge is 0.242 e. The Morgan fingerprint density at radius 1 is 1.05 bits per heavy atom. The Balaban J connectivity index is 2.32. The van der Waals surface area contributed by atoms with Gasteiger partial charge in [0.1, 0.15) is 0 Å². The molecule has 21 heavy (non-hydrogen) atoms. The van der Waals surface area contributed by atoms with Crippen molar-refractivity contribution in [1.29, 1.82) is 0 Å². The summed E-state index contributed by atoms with van der Waals surface area (Å²) in [5, 5.41) is 0. The Morgan fingerprint density at radius 2 is 1.67 bits per heavy atom. The van der Waals surface area contributed by atoms with Crippen molar-refractivity contribution in [3.05, 3.63) is 30.3 Å². The van der Waals surface area contributed by atoms with Crippen LogP contribution in [-0.2, 0) is 9.59 Å². The van der Waals surface area contributed by atoms with Gasteiger partial charge in [-0.2, -0.15) is 0 Å². The van der Waals surface area contributed by atoms with Crippen LogP contribution in [0.5, 0.6) is 0 Å². The van der Waals surface area contributed by atoms with Crippen molar-refractivity contribution in [2.75, 3.05) is 32.4 Å². The fourth-order valence-electron chi connectivity index (χ4n) is 1.93. The molecule has 5 heteroatoms. The molecule has 0 N–H and O–H groups in total. The van der Waals surface area contributed by atoms with Gasteiger partial charge in [-0.05, 0) is 26.0 Å². The lowest BCUT2D eigenvalue weighted by atomic mass is 10.3. The molecule has 1 aromatic carbocycles. The number of hydrogen-bond donors (Lipinski definition) is 0. The zero-order valence-electron chi connectivity index (χ0n) is 13.0. The van der Waals surface area contributed by atoms with Crippen molar-refractivity contribution in [1.82, 2.24) is 9.80 Å². The highest BCUT2D eigenvalue weighted by molar-refractivity contribution is 7.99. The number of carbonyl (C=O) groups is 2. The molecule has 0 saturated carbocycles. The van der Waals surface area contributed by atoms with Crippen LogP contribution in [0.25, 0.3) is 0 Å². The second-order valence-corrected chi connectivity index (χ2v) is 5.90. The monoisotopic (exact) mass is 308 g/mol. The van der Waals surface area contributed by atoms with E-state index in [1.807, 2.05) is 44.2 Å². The summed E-state index contributed by atoms with van der Waals surface area (Å²) in [6.07, 6.45) is 0.446. The molecule has 4 nitrogen and oxygen atoms in total. The minimum Gasteiger partial charge on any atom is -0.342 e. The standard InChI is InChI=1S/C16H24N2O2S/c1-4-18(5-2)16(20)13-17(3)15(19)11-12-21-14-9-7-6-8-10-14/h6-10H,4-5,11-13H2,1-3H3. The van der Waals surface area contributed by atoms with Gasteiger partial charge in [-0.25, -0.2) is 0 Å². The van der Waals surface area contributed by atoms with Crippen LogP contribution in [0.3, 0.4) is 0 Å². The average molecular weight is 308 g/mol. The van der Waals surface area contributed by atoms with Crippen LogP contribution in [0.4, 0.5) is 0 Å². The maximum atomic E-state index is 12.0. The number of hydrogen-bond acceptors (Lipinski definition) is 3. The Morgan fingerprint density at radius 3 is 2.24 bits per heavy atom. The van der Waals surface area contributed by atoms with Crippen LogP contribution in [0.15, 0.2) is 35.2 Å². The number of nitrogens with zero attached hydrogens (tertiary/aromatic N) is 2. The second-order valence-electron chi connectivity index (χ2n) is 4.73. The first-order valence-corrected chi connectivity index (χ1v) is 8.26. The van der Waals surface area contributed by atoms with Gasteiger partial charge in [0, 0.05) is 37.2 Å². The lowest BCUT2D eigenvalue weighted by molar-refractivity contribution is -0.138. The highest BCUT2D eigenvalue weighted by atomic mass is 32.2. The summed E-state index contributed by atoms with van der Waals surface area (Å²) in [6, 6.07) is 10.0. The summed E-state index contributed by atoms with van der Waals surface area (Å²) < 4.78 is 0. The van der Waals surface area contributed by atoms with E-state index >= 15 is 0 Å². The van der Waals surface area contributed by atoms with Crippen molar-refractivity contribution in [2.45, 2.75) is 25.2 Å². The van der Waals surface area contributed by atoms with Gasteiger partial charge in [-0.15, -0.1) is 11.8 Å². The van der Waals surface area contributed by atoms with Gasteiger partial charge in [0.25, 0.3) is 0 Å². The lowest BCUT2D eigenvalue weighted by Gasteiger charge is -2.23. The number of benzene rings is 1. The van der Waals surface area contributed by atoms with E-state index in [2.05, 4.69) is 0 Å². The molecule has 1 aromatic rings. The molecular weight excluding hydrogens is 284 g/mol. The van der Waals surface area contributed by atoms with Crippen molar-refractivity contribution < 1.29 is 9.59 Å². The van der Waals surface area contributed by atoms with Crippen LogP contribution in [-0.4, -0.2) is 54.0 Å². The SMILES string of the molecule is CCN(CC)C(=O)CN(C)C(=O)CCSc1ccccc1. The van der Waals surface area contributed by atoms with Crippen LogP contribution >= 0.6 is 11.8 Å². The van der Waals surface area contributed by atoms with Gasteiger partial charge >= 0.3 is 0 Å². The molecule has 0 saturated heterocycles. The molecule has 1 rings (SSSR count). The predicted molar refractivity (Wildman–Crippen MR) is 87.3 cm³/mol. The second kappa shape index (κ2) is 9.45. The lowest BCUT2D eigenvalue weighted by Crippen LogP contribution is -2.41. The van der Waals surface area contributed by atoms with Crippen LogP contribution in [0, 0.1) is 0 Å². The maximum Gasteiger partial charge on any atom is 0.242 e. The Labute approximate surface area is 131 Å². The quantitative estimate of drug-likeness (QED) is 0.693. The largest absolute Gasteiger partial charge is 0.342 e. The first kappa shape index (κ1) is 17.6. The van der Waals surface area contributed by atoms with E-state index < -0.39 is 0 Å². The van der Waals surface area contributed by atoms with E-state index in [-0.39, 0.29) is 18.4 Å². The molecule has 116 valence electrons. The van der Waals surface area contributed by atoms with E-state index in [1.54, 1.807) is 23.7 Å². The first-order valence-electron chi connectivity index (χ1n) is 7.28. The number of rotatable bonds is 8. The number of amides is 2. The first-order chi connectivity index (χ1) is 10.1. The van der Waals surface area contributed by atoms with E-state index in [0.29, 0.717) is 19.5 Å². The van der Waals surface area contributed by atoms with Crippen LogP contribution < -0.4 is 0 Å². The Hall–Kier alpha value is -1.49. The number of thioether (sulfide) groups is 1. The molecule has 0 aliphatic carbocycles. The van der Waals surface area contributed by atoms with Gasteiger partial charge in [0.15, 0.2) is 0 Å². The van der Waals surface area contributed by atoms with E-state index in [9.17, 15) is 9.59 Å². The molecule has 0 aliphatic rings. The molecule has 0 fully saturated rings. The molecule has 0 bridgehead atoms. The predicted octanol–water partition coefficient (Wildman–Crippen LogP) is 2.50. The van der Waals surface area contributed by atoms with Gasteiger partial charge in [-0.1, -0.05) is 18.2 Å². The molecule has 0 spiro atoms. The molecule has 0 heterocycles. The summed E-state index contributed by atoms with van der Waals surface area (Å²) in [4.78, 5) is 28.4. The number of carbonyl (C=O) groups excluding carboxylic acids is 2. The zero-order chi connectivity index (χ0) is 15.7. The Bertz CT molecular complexity index is 447. The third kappa shape index (κ3) is 6.21. The molecule has 2 amide bonds. The van der Waals surface area contributed by atoms with E-state index in [0.717, 1.165) is 10.6 Å². The highest BCUT2D eigenvalue weighted by Gasteiger charge is 2.16. The fourth-order valence-corrected chi connectivity index (χ4v) is 2.79. The Kier molecular flexibility index (Phi) is 7.90. The van der Waals surface area contributed by atoms with Crippen molar-refractivity contribution in [3.8, 4) is 0 Å². The third-order valence-corrected chi connectivity index (χ3v) is 4.26. The summed E-state index contributed by atoms with van der Waals surface area (Å²) in [5.74, 6) is 0.748. The molecule has 0 atom stereocenters. The molecule has 0 unspecified atom stereocenters. The third-order valence-electron chi connectivity index (χ3n) is 3.24. The molecule has 0 aliphatic heterocycles. The zero-order valence-corrected chi connectivity index (χ0v) is 13.9. The summed E-state index contributed by atoms with van der Waals surface area (Å²) in [5.41, 5.74) is 0. The normalized spacial score (nSPS) is 10.2. The molecular formula is C16H24N2O2S. The summed E-state index contributed by atoms with van der Waals surface area (Å²) in [7, 11) is 1.69. The van der Waals surface area contributed by atoms with Crippen molar-refractivity contribution in [3.63, 3.8) is 0 Å². The summed E-state index contributed by atoms with van der Waals surface area (Å²) in [6.45, 7) is 5.42. The molecule has 0 aromatic heterocycles. The van der Waals surface area contributed by atoms with Gasteiger partial charge < -0.3 is 9.80 Å². The number of likely N-dealkylation sites (N-methyl/N-ethyl adjacent to an activating group) is 2. The minimum absolute atomic E-state index is 0.00608. The summed E-state index contributed by atoms with van der Waals surface area (Å²) >= 11 is 1.66. The topological polar surface area (TPSA) is 40.6 Å². The maximum absolute atomic E-state index is 12.0. The fraction of sp³-hybridized carbons (Fsp3) is 0.500. The van der Waals surface area contributed by atoms with Gasteiger partial charge in [-0.3, -0.25) is 9.59 Å². The van der Waals surface area contributed by atoms with E-state index in [1.165, 1.54) is 4.90 Å². The van der Waals surface area contributed by atoms with Gasteiger partial charge in [0.2, 0.25) is 11.8 Å². The minimum atomic E-state index is 0.00608. The molecule has 0 radical (unpaired) electrons. The average Bonchev–Trinajstić information content (AvgIpc) is 2.49. The highest BCUT2D eigenvalue weighted by Crippen LogP contribution is 2.17. The van der Waals surface area contributed by atoms with Gasteiger partial charge in [0.05, 0.1) is 6.54 Å². The van der Waals surface area contributed by atoms with Crippen molar-refractivity contribution in [2.24, 2.45) is 0 Å². The van der Waals surface area contributed by atoms with Crippen LogP contribution in [0.1, 0.15) is 20.3 Å². The van der Waals surface area contributed by atoms with Crippen molar-refractivity contribution >= 4 is 23.6 Å².